The van der Waals surface area contributed by atoms with E-state index in [0.29, 0.717) is 0 Å². The van der Waals surface area contributed by atoms with E-state index in [-0.39, 0.29) is 13.2 Å². The Bertz CT molecular complexity index is 1450. The standard InChI is InChI=1S/C13H24O10.2C12H22O11/c1-4-5(2-14)23-13(11(19)7(4)15)21-3-6-8(16)9(17)10(18)12(20)22-6;13-1-4-6(16)7(17)8(18)11(21-4)22-9-5(2-14)23-12(20,3-15)10(9)19;13-1-3-5(15)7(17)9(19)11(21-3)23-12-10(20)8(18)6(16)4(2-14)22-12/h4-20H,2-3H2,1H3;4-11,13-20H,1-3H2;3-20H,1-2H2/t4-,5+,6+,7-,8+,9-,10+,11+,12-,13-;4-,5-,6+,7+,8-,9-,10+,11+,12-;3-,4-,5-,6-,7+,8+,9-,10-,11-,12-/m011/s1. The van der Waals surface area contributed by atoms with Crippen LogP contribution in [0.4, 0.5) is 0 Å². The van der Waals surface area contributed by atoms with Gasteiger partial charge in [0.25, 0.3) is 0 Å². The summed E-state index contributed by atoms with van der Waals surface area (Å²) in [6.45, 7) is -2.81. The molecule has 6 fully saturated rings. The Morgan fingerprint density at radius 1 is 0.377 bits per heavy atom. The lowest BCUT2D eigenvalue weighted by atomic mass is 9.91. The topological polar surface area (TPSA) is 548 Å². The van der Waals surface area contributed by atoms with Crippen molar-refractivity contribution < 1.29 is 160 Å². The molecular weight excluding hydrogens is 956 g/mol. The molecule has 32 nitrogen and oxygen atoms in total. The van der Waals surface area contributed by atoms with Gasteiger partial charge in [-0.1, -0.05) is 6.92 Å². The molecule has 0 spiro atoms. The van der Waals surface area contributed by atoms with E-state index in [4.69, 9.17) is 63.1 Å². The van der Waals surface area contributed by atoms with Gasteiger partial charge in [0.05, 0.1) is 58.5 Å². The van der Waals surface area contributed by atoms with Crippen molar-refractivity contribution in [3.63, 3.8) is 0 Å². The van der Waals surface area contributed by atoms with Gasteiger partial charge in [0.1, 0.15) is 122 Å². The van der Waals surface area contributed by atoms with Gasteiger partial charge in [-0.2, -0.15) is 0 Å². The van der Waals surface area contributed by atoms with E-state index >= 15 is 0 Å². The molecule has 0 aromatic heterocycles. The highest BCUT2D eigenvalue weighted by Gasteiger charge is 2.57. The van der Waals surface area contributed by atoms with Crippen LogP contribution in [-0.4, -0.2) is 335 Å². The van der Waals surface area contributed by atoms with E-state index in [1.807, 2.05) is 0 Å². The minimum atomic E-state index is -2.37. The summed E-state index contributed by atoms with van der Waals surface area (Å²) < 4.78 is 46.1. The number of hydrogen-bond donors (Lipinski definition) is 23. The molecule has 6 aliphatic rings. The maximum atomic E-state index is 10.00. The summed E-state index contributed by atoms with van der Waals surface area (Å²) in [5.41, 5.74) is 0. The normalized spacial score (nSPS) is 51.5. The molecule has 6 aliphatic heterocycles. The molecule has 69 heavy (non-hydrogen) atoms. The van der Waals surface area contributed by atoms with Crippen LogP contribution in [0, 0.1) is 5.92 Å². The third-order valence-electron chi connectivity index (χ3n) is 12.4. The first-order valence-corrected chi connectivity index (χ1v) is 21.5. The molecule has 0 saturated carbocycles. The molecule has 0 bridgehead atoms. The quantitative estimate of drug-likeness (QED) is 0.0814. The molecule has 0 unspecified atom stereocenters. The van der Waals surface area contributed by atoms with Crippen LogP contribution in [0.25, 0.3) is 0 Å². The molecule has 6 heterocycles. The van der Waals surface area contributed by atoms with E-state index in [1.165, 1.54) is 0 Å². The SMILES string of the molecule is C[C@@H]1[C@H](O)[C@@H](O)[C@@H](OC[C@H]2O[C@H](O)[C@H](O)[C@@H](O)[C@@H]2O)O[C@@H]1CO.OC[C@H]1O[C@@H](O[C@@H]2[C@@H](CO)O[C@](O)(CO)[C@H]2O)[C@H](O)[C@@H](O)[C@H]1O.OC[C@H]1O[C@H](O[C@H]2O[C@H](CO)[C@@H](O)[C@H](O)[C@H]2O)[C@H](O)[C@@H](O)[C@@H]1O. The van der Waals surface area contributed by atoms with Crippen molar-refractivity contribution in [3.8, 4) is 0 Å². The van der Waals surface area contributed by atoms with E-state index in [2.05, 4.69) is 0 Å². The zero-order valence-corrected chi connectivity index (χ0v) is 36.6. The molecule has 0 radical (unpaired) electrons. The van der Waals surface area contributed by atoms with Gasteiger partial charge in [-0.05, 0) is 0 Å². The predicted molar refractivity (Wildman–Crippen MR) is 209 cm³/mol. The predicted octanol–water partition coefficient (Wildman–Crippen LogP) is -14.9. The number of hydrogen-bond acceptors (Lipinski definition) is 32. The van der Waals surface area contributed by atoms with Gasteiger partial charge in [0.2, 0.25) is 5.79 Å². The lowest BCUT2D eigenvalue weighted by Crippen LogP contribution is -2.63. The molecule has 6 rings (SSSR count). The number of rotatable bonds is 13. The monoisotopic (exact) mass is 1020 g/mol. The maximum absolute atomic E-state index is 10.00. The second-order valence-electron chi connectivity index (χ2n) is 17.1. The Hall–Kier alpha value is -1.28. The highest BCUT2D eigenvalue weighted by molar-refractivity contribution is 4.98. The molecule has 0 aromatic carbocycles. The van der Waals surface area contributed by atoms with E-state index in [9.17, 15) is 97.0 Å². The minimum Gasteiger partial charge on any atom is -0.394 e. The van der Waals surface area contributed by atoms with E-state index < -0.39 is 210 Å². The van der Waals surface area contributed by atoms with Gasteiger partial charge < -0.3 is 160 Å². The summed E-state index contributed by atoms with van der Waals surface area (Å²) in [7, 11) is 0. The summed E-state index contributed by atoms with van der Waals surface area (Å²) >= 11 is 0. The van der Waals surface area contributed by atoms with Crippen molar-refractivity contribution in [2.75, 3.05) is 46.2 Å². The summed E-state index contributed by atoms with van der Waals surface area (Å²) in [5, 5.41) is 220. The fraction of sp³-hybridized carbons (Fsp3) is 1.00. The third-order valence-corrected chi connectivity index (χ3v) is 12.4. The fourth-order valence-corrected chi connectivity index (χ4v) is 7.79. The fourth-order valence-electron chi connectivity index (χ4n) is 7.79. The Balaban J connectivity index is 0.000000225. The summed E-state index contributed by atoms with van der Waals surface area (Å²) in [4.78, 5) is 0. The van der Waals surface area contributed by atoms with Crippen LogP contribution >= 0.6 is 0 Å². The lowest BCUT2D eigenvalue weighted by molar-refractivity contribution is -0.376. The van der Waals surface area contributed by atoms with Crippen molar-refractivity contribution >= 4 is 0 Å². The molecule has 23 N–H and O–H groups in total. The molecule has 32 heteroatoms. The third kappa shape index (κ3) is 13.5. The smallest absolute Gasteiger partial charge is 0.219 e. The number of aliphatic hydroxyl groups excluding tert-OH is 22. The van der Waals surface area contributed by atoms with Crippen LogP contribution in [0.2, 0.25) is 0 Å². The van der Waals surface area contributed by atoms with Gasteiger partial charge in [-0.15, -0.1) is 0 Å². The van der Waals surface area contributed by atoms with Gasteiger partial charge in [0, 0.05) is 5.92 Å². The first-order chi connectivity index (χ1) is 32.4. The first kappa shape index (κ1) is 60.3. The van der Waals surface area contributed by atoms with Crippen molar-refractivity contribution in [2.45, 2.75) is 178 Å². The van der Waals surface area contributed by atoms with Crippen LogP contribution < -0.4 is 0 Å². The molecular formula is C37H68O32. The molecule has 29 atom stereocenters. The Morgan fingerprint density at radius 2 is 0.739 bits per heavy atom. The van der Waals surface area contributed by atoms with E-state index in [0.717, 1.165) is 0 Å². The molecule has 0 amide bonds. The Labute approximate surface area is 390 Å². The zero-order valence-electron chi connectivity index (χ0n) is 36.6. The largest absolute Gasteiger partial charge is 0.394 e. The van der Waals surface area contributed by atoms with Crippen LogP contribution in [0.3, 0.4) is 0 Å². The second kappa shape index (κ2) is 26.3. The van der Waals surface area contributed by atoms with Gasteiger partial charge in [-0.25, -0.2) is 0 Å². The van der Waals surface area contributed by atoms with E-state index in [1.54, 1.807) is 6.92 Å². The van der Waals surface area contributed by atoms with Gasteiger partial charge in [-0.3, -0.25) is 0 Å². The van der Waals surface area contributed by atoms with Crippen LogP contribution in [0.15, 0.2) is 0 Å². The highest BCUT2D eigenvalue weighted by Crippen LogP contribution is 2.34. The average Bonchev–Trinajstić information content (AvgIpc) is 3.59. The molecule has 6 saturated heterocycles. The van der Waals surface area contributed by atoms with Crippen molar-refractivity contribution in [2.24, 2.45) is 5.92 Å². The van der Waals surface area contributed by atoms with Gasteiger partial charge >= 0.3 is 0 Å². The maximum Gasteiger partial charge on any atom is 0.219 e. The van der Waals surface area contributed by atoms with Crippen molar-refractivity contribution in [1.82, 2.24) is 0 Å². The lowest BCUT2D eigenvalue weighted by Gasteiger charge is -2.44. The first-order valence-electron chi connectivity index (χ1n) is 21.5. The summed E-state index contributed by atoms with van der Waals surface area (Å²) in [6.07, 6.45) is -40.1. The summed E-state index contributed by atoms with van der Waals surface area (Å²) in [5.74, 6) is -2.88. The van der Waals surface area contributed by atoms with Crippen LogP contribution in [0.5, 0.6) is 0 Å². The summed E-state index contributed by atoms with van der Waals surface area (Å²) in [6, 6.07) is 0. The molecule has 408 valence electrons. The average molecular weight is 1020 g/mol. The highest BCUT2D eigenvalue weighted by atomic mass is 16.8. The Morgan fingerprint density at radius 3 is 1.14 bits per heavy atom. The molecule has 0 aromatic rings. The van der Waals surface area contributed by atoms with Crippen molar-refractivity contribution in [3.05, 3.63) is 0 Å². The Kier molecular flexibility index (Phi) is 23.0. The van der Waals surface area contributed by atoms with Crippen LogP contribution in [0.1, 0.15) is 6.92 Å². The minimum absolute atomic E-state index is 0.378. The number of ether oxygens (including phenoxy) is 9. The number of aliphatic hydroxyl groups is 23. The van der Waals surface area contributed by atoms with Gasteiger partial charge in [0.15, 0.2) is 31.5 Å². The zero-order chi connectivity index (χ0) is 52.0. The molecule has 0 aliphatic carbocycles. The van der Waals surface area contributed by atoms with Crippen molar-refractivity contribution in [1.29, 1.82) is 0 Å². The second-order valence-corrected chi connectivity index (χ2v) is 17.1. The van der Waals surface area contributed by atoms with Crippen LogP contribution in [-0.2, 0) is 42.6 Å².